The van der Waals surface area contributed by atoms with Gasteiger partial charge >= 0.3 is 0 Å². The first-order valence-corrected chi connectivity index (χ1v) is 6.84. The van der Waals surface area contributed by atoms with E-state index in [-0.39, 0.29) is 0 Å². The topological polar surface area (TPSA) is 58.4 Å². The van der Waals surface area contributed by atoms with Crippen LogP contribution >= 0.6 is 11.6 Å². The van der Waals surface area contributed by atoms with Crippen molar-refractivity contribution in [2.75, 3.05) is 25.5 Å². The predicted octanol–water partition coefficient (Wildman–Crippen LogP) is 1.59. The summed E-state index contributed by atoms with van der Waals surface area (Å²) in [7, 11) is 2.13. The number of rotatable bonds is 2. The third-order valence-corrected chi connectivity index (χ3v) is 3.79. The third-order valence-electron chi connectivity index (χ3n) is 3.54. The number of nitrogens with one attached hydrogen (secondary N) is 1. The number of hydrogen-bond acceptors (Lipinski definition) is 5. The summed E-state index contributed by atoms with van der Waals surface area (Å²) in [6.07, 6.45) is 4.11. The summed E-state index contributed by atoms with van der Waals surface area (Å²) in [5.41, 5.74) is 1.83. The van der Waals surface area contributed by atoms with E-state index in [1.807, 2.05) is 6.92 Å². The number of likely N-dealkylation sites (tertiary alicyclic amines) is 1. The highest BCUT2D eigenvalue weighted by Crippen LogP contribution is 2.21. The lowest BCUT2D eigenvalue weighted by Crippen LogP contribution is -2.40. The second-order valence-corrected chi connectivity index (χ2v) is 5.51. The van der Waals surface area contributed by atoms with E-state index in [4.69, 9.17) is 11.6 Å². The van der Waals surface area contributed by atoms with E-state index in [0.29, 0.717) is 17.1 Å². The molecule has 0 spiro atoms. The van der Waals surface area contributed by atoms with Crippen molar-refractivity contribution in [1.82, 2.24) is 24.7 Å². The van der Waals surface area contributed by atoms with Crippen LogP contribution in [0.2, 0.25) is 5.15 Å². The average Bonchev–Trinajstić information content (AvgIpc) is 2.76. The van der Waals surface area contributed by atoms with Gasteiger partial charge in [0.25, 0.3) is 0 Å². The van der Waals surface area contributed by atoms with E-state index in [0.717, 1.165) is 30.6 Å². The third kappa shape index (κ3) is 2.37. The molecule has 0 aliphatic carbocycles. The fourth-order valence-electron chi connectivity index (χ4n) is 2.58. The molecule has 1 saturated heterocycles. The molecule has 3 heterocycles. The molecular formula is C12H17ClN6. The number of piperidine rings is 1. The number of fused-ring (bicyclic) bond motifs is 1. The van der Waals surface area contributed by atoms with Crippen molar-refractivity contribution in [3.63, 3.8) is 0 Å². The first-order chi connectivity index (χ1) is 9.15. The Kier molecular flexibility index (Phi) is 3.28. The molecule has 1 aliphatic heterocycles. The van der Waals surface area contributed by atoms with Gasteiger partial charge in [-0.15, -0.1) is 10.2 Å². The molecule has 6 nitrogen and oxygen atoms in total. The molecule has 0 aromatic carbocycles. The molecule has 2 aromatic heterocycles. The van der Waals surface area contributed by atoms with Gasteiger partial charge in [-0.2, -0.15) is 9.61 Å². The summed E-state index contributed by atoms with van der Waals surface area (Å²) < 4.78 is 1.74. The van der Waals surface area contributed by atoms with Gasteiger partial charge in [0.05, 0.1) is 6.20 Å². The molecule has 102 valence electrons. The largest absolute Gasteiger partial charge is 0.349 e. The van der Waals surface area contributed by atoms with Gasteiger partial charge in [-0.25, -0.2) is 0 Å². The van der Waals surface area contributed by atoms with Gasteiger partial charge in [-0.3, -0.25) is 0 Å². The first kappa shape index (κ1) is 12.6. The van der Waals surface area contributed by atoms with Crippen LogP contribution in [0.4, 0.5) is 5.95 Å². The summed E-state index contributed by atoms with van der Waals surface area (Å²) in [5, 5.41) is 16.3. The lowest BCUT2D eigenvalue weighted by molar-refractivity contribution is 0.260. The van der Waals surface area contributed by atoms with Crippen LogP contribution in [-0.2, 0) is 0 Å². The number of halogens is 1. The van der Waals surface area contributed by atoms with Crippen LogP contribution in [0.25, 0.3) is 5.52 Å². The normalized spacial score (nSPS) is 20.9. The van der Waals surface area contributed by atoms with E-state index in [1.165, 1.54) is 6.42 Å². The number of nitrogens with zero attached hydrogens (tertiary/aromatic N) is 5. The van der Waals surface area contributed by atoms with Crippen molar-refractivity contribution in [2.45, 2.75) is 25.8 Å². The molecular weight excluding hydrogens is 264 g/mol. The van der Waals surface area contributed by atoms with Gasteiger partial charge in [-0.1, -0.05) is 11.6 Å². The molecule has 0 unspecified atom stereocenters. The van der Waals surface area contributed by atoms with Crippen LogP contribution in [0.5, 0.6) is 0 Å². The molecule has 1 aliphatic rings. The minimum Gasteiger partial charge on any atom is -0.349 e. The number of anilines is 1. The minimum atomic E-state index is 0.377. The highest BCUT2D eigenvalue weighted by Gasteiger charge is 2.19. The van der Waals surface area contributed by atoms with Crippen LogP contribution in [0.3, 0.4) is 0 Å². The monoisotopic (exact) mass is 280 g/mol. The molecule has 0 bridgehead atoms. The molecule has 0 radical (unpaired) electrons. The molecule has 7 heteroatoms. The smallest absolute Gasteiger partial charge is 0.244 e. The summed E-state index contributed by atoms with van der Waals surface area (Å²) in [5.74, 6) is 0.660. The van der Waals surface area contributed by atoms with Crippen molar-refractivity contribution in [1.29, 1.82) is 0 Å². The van der Waals surface area contributed by atoms with Gasteiger partial charge in [0.15, 0.2) is 5.15 Å². The maximum Gasteiger partial charge on any atom is 0.244 e. The Bertz CT molecular complexity index is 595. The Morgan fingerprint density at radius 1 is 1.42 bits per heavy atom. The van der Waals surface area contributed by atoms with Crippen molar-refractivity contribution in [3.05, 3.63) is 16.9 Å². The van der Waals surface area contributed by atoms with Gasteiger partial charge in [0, 0.05) is 12.6 Å². The zero-order chi connectivity index (χ0) is 13.4. The summed E-state index contributed by atoms with van der Waals surface area (Å²) in [4.78, 5) is 2.32. The van der Waals surface area contributed by atoms with E-state index in [1.54, 1.807) is 10.7 Å². The molecule has 1 atom stereocenters. The lowest BCUT2D eigenvalue weighted by Gasteiger charge is -2.30. The quantitative estimate of drug-likeness (QED) is 0.905. The Balaban J connectivity index is 1.91. The van der Waals surface area contributed by atoms with Gasteiger partial charge in [0.2, 0.25) is 5.95 Å². The van der Waals surface area contributed by atoms with Crippen LogP contribution in [-0.4, -0.2) is 50.9 Å². The molecule has 19 heavy (non-hydrogen) atoms. The highest BCUT2D eigenvalue weighted by molar-refractivity contribution is 6.32. The molecule has 3 rings (SSSR count). The Hall–Kier alpha value is -1.40. The Labute approximate surface area is 116 Å². The number of aryl methyl sites for hydroxylation is 1. The zero-order valence-corrected chi connectivity index (χ0v) is 11.9. The van der Waals surface area contributed by atoms with E-state index in [2.05, 4.69) is 32.6 Å². The molecule has 0 saturated carbocycles. The zero-order valence-electron chi connectivity index (χ0n) is 11.1. The fraction of sp³-hybridized carbons (Fsp3) is 0.583. The fourth-order valence-corrected chi connectivity index (χ4v) is 2.85. The summed E-state index contributed by atoms with van der Waals surface area (Å²) >= 11 is 6.07. The van der Waals surface area contributed by atoms with Crippen LogP contribution < -0.4 is 5.32 Å². The van der Waals surface area contributed by atoms with Crippen molar-refractivity contribution in [2.24, 2.45) is 0 Å². The van der Waals surface area contributed by atoms with E-state index in [9.17, 15) is 0 Å². The Morgan fingerprint density at radius 2 is 2.26 bits per heavy atom. The van der Waals surface area contributed by atoms with Crippen LogP contribution in [0.15, 0.2) is 6.20 Å². The molecule has 1 fully saturated rings. The predicted molar refractivity (Wildman–Crippen MR) is 74.7 cm³/mol. The van der Waals surface area contributed by atoms with Gasteiger partial charge in [-0.05, 0) is 38.9 Å². The molecule has 0 amide bonds. The lowest BCUT2D eigenvalue weighted by atomic mass is 10.1. The van der Waals surface area contributed by atoms with E-state index < -0.39 is 0 Å². The highest BCUT2D eigenvalue weighted by atomic mass is 35.5. The second kappa shape index (κ2) is 4.94. The van der Waals surface area contributed by atoms with Crippen molar-refractivity contribution < 1.29 is 0 Å². The maximum absolute atomic E-state index is 6.07. The van der Waals surface area contributed by atoms with Crippen molar-refractivity contribution >= 4 is 23.1 Å². The average molecular weight is 281 g/mol. The number of hydrogen-bond donors (Lipinski definition) is 1. The van der Waals surface area contributed by atoms with Crippen LogP contribution in [0.1, 0.15) is 18.4 Å². The van der Waals surface area contributed by atoms with E-state index >= 15 is 0 Å². The van der Waals surface area contributed by atoms with Crippen molar-refractivity contribution in [3.8, 4) is 0 Å². The van der Waals surface area contributed by atoms with Crippen LogP contribution in [0, 0.1) is 6.92 Å². The summed E-state index contributed by atoms with van der Waals surface area (Å²) in [6, 6.07) is 0.377. The standard InChI is InChI=1S/C12H17ClN6/c1-8-6-14-19-10(8)11(13)16-17-12(19)15-9-4-3-5-18(2)7-9/h6,9H,3-5,7H2,1-2H3,(H,15,17)/t9-/m1/s1. The Morgan fingerprint density at radius 3 is 3.05 bits per heavy atom. The molecule has 2 aromatic rings. The van der Waals surface area contributed by atoms with Gasteiger partial charge in [0.1, 0.15) is 5.52 Å². The molecule has 1 N–H and O–H groups in total. The second-order valence-electron chi connectivity index (χ2n) is 5.15. The maximum atomic E-state index is 6.07. The SMILES string of the molecule is Cc1cnn2c(N[C@@H]3CCCN(C)C3)nnc(Cl)c12. The van der Waals surface area contributed by atoms with Gasteiger partial charge < -0.3 is 10.2 Å². The number of likely N-dealkylation sites (N-methyl/N-ethyl adjacent to an activating group) is 1. The first-order valence-electron chi connectivity index (χ1n) is 6.47. The summed E-state index contributed by atoms with van der Waals surface area (Å²) in [6.45, 7) is 4.13. The number of aromatic nitrogens is 4. The minimum absolute atomic E-state index is 0.377.